The van der Waals surface area contributed by atoms with E-state index in [1.54, 1.807) is 39.9 Å². The highest BCUT2D eigenvalue weighted by atomic mass is 35.5. The molecule has 10 nitrogen and oxygen atoms in total. The third-order valence-corrected chi connectivity index (χ3v) is 7.46. The first-order chi connectivity index (χ1) is 19.6. The van der Waals surface area contributed by atoms with Gasteiger partial charge in [0.15, 0.2) is 5.65 Å². The van der Waals surface area contributed by atoms with E-state index in [1.807, 2.05) is 45.0 Å². The van der Waals surface area contributed by atoms with Crippen molar-refractivity contribution < 1.29 is 9.53 Å². The molecule has 5 aromatic rings. The van der Waals surface area contributed by atoms with Gasteiger partial charge in [0, 0.05) is 30.8 Å². The van der Waals surface area contributed by atoms with Crippen molar-refractivity contribution in [1.29, 1.82) is 0 Å². The Kier molecular flexibility index (Phi) is 6.83. The summed E-state index contributed by atoms with van der Waals surface area (Å²) in [7, 11) is 0. The van der Waals surface area contributed by atoms with E-state index in [0.29, 0.717) is 39.7 Å². The molecule has 1 unspecified atom stereocenters. The monoisotopic (exact) mass is 591 g/mol. The zero-order chi connectivity index (χ0) is 28.9. The number of benzene rings is 2. The molecule has 2 aromatic carbocycles. The highest BCUT2D eigenvalue weighted by Gasteiger charge is 2.33. The fourth-order valence-corrected chi connectivity index (χ4v) is 5.65. The van der Waals surface area contributed by atoms with Gasteiger partial charge >= 0.3 is 6.09 Å². The van der Waals surface area contributed by atoms with Crippen molar-refractivity contribution in [3.8, 4) is 5.69 Å². The van der Waals surface area contributed by atoms with Crippen LogP contribution in [0.5, 0.6) is 0 Å². The minimum Gasteiger partial charge on any atom is -0.444 e. The predicted molar refractivity (Wildman–Crippen MR) is 159 cm³/mol. The fraction of sp³-hybridized carbons (Fsp3) is 0.276. The number of nitrogens with zero attached hydrogens (tertiary/aromatic N) is 6. The molecule has 3 aromatic heterocycles. The van der Waals surface area contributed by atoms with Crippen molar-refractivity contribution in [2.45, 2.75) is 45.3 Å². The molecule has 1 aliphatic heterocycles. The average molecular weight is 592 g/mol. The number of fused-ring (bicyclic) bond motifs is 3. The molecule has 0 aliphatic carbocycles. The summed E-state index contributed by atoms with van der Waals surface area (Å²) in [6.07, 6.45) is 6.25. The van der Waals surface area contributed by atoms with E-state index in [9.17, 15) is 9.59 Å². The van der Waals surface area contributed by atoms with Crippen molar-refractivity contribution in [3.63, 3.8) is 0 Å². The Bertz CT molecular complexity index is 1820. The van der Waals surface area contributed by atoms with Crippen LogP contribution in [0, 0.1) is 0 Å². The van der Waals surface area contributed by atoms with Crippen LogP contribution in [0.1, 0.15) is 45.2 Å². The number of aromatic nitrogens is 5. The predicted octanol–water partition coefficient (Wildman–Crippen LogP) is 6.55. The smallest absolute Gasteiger partial charge is 0.410 e. The molecule has 41 heavy (non-hydrogen) atoms. The Morgan fingerprint density at radius 3 is 2.51 bits per heavy atom. The summed E-state index contributed by atoms with van der Waals surface area (Å²) >= 11 is 12.8. The fourth-order valence-electron chi connectivity index (χ4n) is 5.08. The number of hydrogen-bond acceptors (Lipinski definition) is 7. The van der Waals surface area contributed by atoms with E-state index in [1.165, 1.54) is 10.8 Å². The van der Waals surface area contributed by atoms with Crippen LogP contribution in [0.25, 0.3) is 22.5 Å². The van der Waals surface area contributed by atoms with Gasteiger partial charge < -0.3 is 15.0 Å². The van der Waals surface area contributed by atoms with Crippen LogP contribution < -0.4 is 10.9 Å². The topological polar surface area (TPSA) is 107 Å². The molecule has 1 aliphatic rings. The number of rotatable bonds is 4. The number of carbonyl (C=O) groups excluding carboxylic acids is 1. The molecule has 1 N–H and O–H groups in total. The van der Waals surface area contributed by atoms with E-state index in [-0.39, 0.29) is 17.5 Å². The van der Waals surface area contributed by atoms with Crippen molar-refractivity contribution >= 4 is 57.7 Å². The van der Waals surface area contributed by atoms with Gasteiger partial charge in [0.25, 0.3) is 5.56 Å². The van der Waals surface area contributed by atoms with Gasteiger partial charge in [0.2, 0.25) is 11.7 Å². The summed E-state index contributed by atoms with van der Waals surface area (Å²) in [5, 5.41) is 4.12. The van der Waals surface area contributed by atoms with Gasteiger partial charge in [-0.3, -0.25) is 9.20 Å². The lowest BCUT2D eigenvalue weighted by Gasteiger charge is -2.29. The minimum atomic E-state index is -0.547. The first kappa shape index (κ1) is 27.0. The summed E-state index contributed by atoms with van der Waals surface area (Å²) < 4.78 is 8.66. The zero-order valence-electron chi connectivity index (χ0n) is 22.6. The quantitative estimate of drug-likeness (QED) is 0.252. The van der Waals surface area contributed by atoms with Crippen molar-refractivity contribution in [3.05, 3.63) is 87.0 Å². The van der Waals surface area contributed by atoms with Gasteiger partial charge in [-0.25, -0.2) is 19.3 Å². The number of nitrogens with one attached hydrogen (secondary N) is 1. The average Bonchev–Trinajstić information content (AvgIpc) is 3.60. The SMILES string of the molecule is CC(C)(C)OC(=O)N1CCCC1c1ccc(Nc2ncc3c(=O)n(-c4c(Cl)cccc4Cl)c4nccn4c3n2)cc1. The van der Waals surface area contributed by atoms with Gasteiger partial charge in [0.1, 0.15) is 11.0 Å². The van der Waals surface area contributed by atoms with Crippen LogP contribution in [-0.4, -0.2) is 47.1 Å². The van der Waals surface area contributed by atoms with Gasteiger partial charge in [-0.15, -0.1) is 0 Å². The number of carbonyl (C=O) groups is 1. The molecule has 4 heterocycles. The molecule has 12 heteroatoms. The Morgan fingerprint density at radius 1 is 1.07 bits per heavy atom. The van der Waals surface area contributed by atoms with E-state index < -0.39 is 11.2 Å². The van der Waals surface area contributed by atoms with Gasteiger partial charge in [0.05, 0.1) is 21.8 Å². The van der Waals surface area contributed by atoms with Crippen molar-refractivity contribution in [2.75, 3.05) is 11.9 Å². The van der Waals surface area contributed by atoms with Gasteiger partial charge in [-0.2, -0.15) is 4.98 Å². The Morgan fingerprint density at radius 2 is 1.80 bits per heavy atom. The maximum Gasteiger partial charge on any atom is 0.410 e. The zero-order valence-corrected chi connectivity index (χ0v) is 24.1. The number of amides is 1. The standard InChI is InChI=1S/C29H27Cl2N7O3/c1-29(2,3)41-28(40)36-14-5-8-22(36)17-9-11-18(12-10-17)34-26-33-16-19-24(35-26)37-15-13-32-27(37)38(25(19)39)23-20(30)6-4-7-21(23)31/h4,6-7,9-13,15-16,22H,5,8,14H2,1-3H3,(H,33,34,35). The molecule has 1 amide bonds. The molecular weight excluding hydrogens is 565 g/mol. The molecule has 1 atom stereocenters. The van der Waals surface area contributed by atoms with Crippen LogP contribution in [0.15, 0.2) is 65.8 Å². The molecule has 1 fully saturated rings. The highest BCUT2D eigenvalue weighted by molar-refractivity contribution is 6.37. The van der Waals surface area contributed by atoms with E-state index in [0.717, 1.165) is 24.1 Å². The second-order valence-electron chi connectivity index (χ2n) is 10.8. The maximum atomic E-state index is 13.6. The van der Waals surface area contributed by atoms with Crippen LogP contribution >= 0.6 is 23.2 Å². The largest absolute Gasteiger partial charge is 0.444 e. The van der Waals surface area contributed by atoms with Crippen molar-refractivity contribution in [1.82, 2.24) is 28.8 Å². The number of anilines is 2. The van der Waals surface area contributed by atoms with E-state index in [2.05, 4.69) is 20.3 Å². The number of para-hydroxylation sites is 1. The first-order valence-electron chi connectivity index (χ1n) is 13.2. The van der Waals surface area contributed by atoms with E-state index in [4.69, 9.17) is 27.9 Å². The van der Waals surface area contributed by atoms with Gasteiger partial charge in [-0.05, 0) is 63.4 Å². The summed E-state index contributed by atoms with van der Waals surface area (Å²) in [6.45, 7) is 6.27. The lowest BCUT2D eigenvalue weighted by molar-refractivity contribution is 0.0224. The second kappa shape index (κ2) is 10.4. The summed E-state index contributed by atoms with van der Waals surface area (Å²) in [4.78, 5) is 41.5. The number of ether oxygens (including phenoxy) is 1. The summed E-state index contributed by atoms with van der Waals surface area (Å²) in [6, 6.07) is 12.8. The molecule has 0 radical (unpaired) electrons. The molecule has 0 spiro atoms. The molecular formula is C29H27Cl2N7O3. The lowest BCUT2D eigenvalue weighted by Crippen LogP contribution is -2.36. The highest BCUT2D eigenvalue weighted by Crippen LogP contribution is 2.34. The van der Waals surface area contributed by atoms with Crippen LogP contribution in [0.3, 0.4) is 0 Å². The molecule has 0 saturated carbocycles. The molecule has 6 rings (SSSR count). The molecule has 210 valence electrons. The first-order valence-corrected chi connectivity index (χ1v) is 13.9. The number of halogens is 2. The van der Waals surface area contributed by atoms with Crippen LogP contribution in [0.2, 0.25) is 10.0 Å². The van der Waals surface area contributed by atoms with Gasteiger partial charge in [-0.1, -0.05) is 41.4 Å². The second-order valence-corrected chi connectivity index (χ2v) is 11.6. The maximum absolute atomic E-state index is 13.6. The number of hydrogen-bond donors (Lipinski definition) is 1. The third-order valence-electron chi connectivity index (χ3n) is 6.85. The van der Waals surface area contributed by atoms with Crippen LogP contribution in [-0.2, 0) is 4.74 Å². The number of imidazole rings is 1. The van der Waals surface area contributed by atoms with Crippen LogP contribution in [0.4, 0.5) is 16.4 Å². The summed E-state index contributed by atoms with van der Waals surface area (Å²) in [5.41, 5.74) is 1.57. The Balaban J connectivity index is 1.30. The Labute approximate surface area is 245 Å². The molecule has 1 saturated heterocycles. The third kappa shape index (κ3) is 5.09. The van der Waals surface area contributed by atoms with E-state index >= 15 is 0 Å². The normalized spacial score (nSPS) is 15.5. The number of likely N-dealkylation sites (tertiary alicyclic amines) is 1. The van der Waals surface area contributed by atoms with Crippen molar-refractivity contribution in [2.24, 2.45) is 0 Å². The minimum absolute atomic E-state index is 0.0425. The lowest BCUT2D eigenvalue weighted by atomic mass is 10.0. The Hall–Kier alpha value is -4.15. The summed E-state index contributed by atoms with van der Waals surface area (Å²) in [5.74, 6) is 0.627. The molecule has 0 bridgehead atoms.